The molecule has 0 fully saturated rings. The smallest absolute Gasteiger partial charge is 0.262 e. The van der Waals surface area contributed by atoms with Gasteiger partial charge in [0.1, 0.15) is 130 Å². The van der Waals surface area contributed by atoms with E-state index >= 15 is 0 Å². The first-order chi connectivity index (χ1) is 34.6. The molecule has 24 nitrogen and oxygen atoms in total. The van der Waals surface area contributed by atoms with Gasteiger partial charge in [-0.05, 0) is 16.7 Å². The van der Waals surface area contributed by atoms with Crippen LogP contribution in [0.1, 0.15) is 0 Å². The van der Waals surface area contributed by atoms with Crippen molar-refractivity contribution in [1.29, 1.82) is 0 Å². The molecule has 24 atom stereocenters. The van der Waals surface area contributed by atoms with Crippen molar-refractivity contribution in [3.63, 3.8) is 0 Å². The second kappa shape index (κ2) is 31.4. The Balaban J connectivity index is 0.000000450. The van der Waals surface area contributed by atoms with E-state index < -0.39 is 202 Å². The molecule has 6 rings (SSSR count). The van der Waals surface area contributed by atoms with Crippen molar-refractivity contribution in [2.24, 2.45) is 34.4 Å². The zero-order valence-electron chi connectivity index (χ0n) is 39.1. The van der Waals surface area contributed by atoms with Gasteiger partial charge in [0.2, 0.25) is 0 Å². The first-order valence-corrected chi connectivity index (χ1v) is 22.1. The number of alkyl halides is 9. The Morgan fingerprint density at radius 2 is 0.413 bits per heavy atom. The van der Waals surface area contributed by atoms with Crippen LogP contribution in [-0.4, -0.2) is 277 Å². The summed E-state index contributed by atoms with van der Waals surface area (Å²) in [6, 6.07) is -5.63. The van der Waals surface area contributed by atoms with Crippen LogP contribution in [0.2, 0.25) is 0 Å². The van der Waals surface area contributed by atoms with Crippen LogP contribution >= 0.6 is 0 Å². The fourth-order valence-electron chi connectivity index (χ4n) is 7.30. The summed E-state index contributed by atoms with van der Waals surface area (Å²) < 4.78 is 109. The summed E-state index contributed by atoms with van der Waals surface area (Å²) in [5, 5.41) is 164. The highest BCUT2D eigenvalue weighted by molar-refractivity contribution is 5.26. The van der Waals surface area contributed by atoms with Crippen LogP contribution in [0.4, 0.5) is 39.5 Å². The lowest BCUT2D eigenvalue weighted by Crippen LogP contribution is -2.52. The molecule has 30 N–H and O–H groups in total. The lowest BCUT2D eigenvalue weighted by molar-refractivity contribution is -0.0656. The molecule has 0 saturated carbocycles. The van der Waals surface area contributed by atoms with Crippen LogP contribution in [0.3, 0.4) is 0 Å². The Morgan fingerprint density at radius 1 is 0.267 bits per heavy atom. The SMILES string of the molecule is NC1C=C(C(F)F)[C@@H](O)[C@H](O)[C@H]1O.NC1C=C(CF)[C@@H](O)[C@H](O)[C@H]1O.N[C@@H]1C=C(C(F)F)[C@@H](O)[C@H](O)[C@H]1O.N[C@@H]1C=C(CF)[C@@H](O)[C@H](O)[C@H]1O.N[C@H]1C=C(C(F)F)[C@@H](O)[C@H](O)[C@H]1O.N[C@H]1C=C(CF)[C@@H](O)[C@H](O)[C@H]1O. The molecule has 75 heavy (non-hydrogen) atoms. The lowest BCUT2D eigenvalue weighted by atomic mass is 9.89. The highest BCUT2D eigenvalue weighted by Crippen LogP contribution is 2.27. The van der Waals surface area contributed by atoms with Crippen molar-refractivity contribution >= 4 is 0 Å². The molecule has 33 heteroatoms. The molecule has 0 aromatic carbocycles. The van der Waals surface area contributed by atoms with Crippen molar-refractivity contribution in [3.05, 3.63) is 69.9 Å². The molecule has 6 aliphatic carbocycles. The van der Waals surface area contributed by atoms with Crippen molar-refractivity contribution < 1.29 is 131 Å². The third-order valence-electron chi connectivity index (χ3n) is 12.2. The average Bonchev–Trinajstić information content (AvgIpc) is 3.37. The highest BCUT2D eigenvalue weighted by Gasteiger charge is 2.42. The molecule has 0 amide bonds. The Kier molecular flexibility index (Phi) is 29.3. The summed E-state index contributed by atoms with van der Waals surface area (Å²) in [5.74, 6) is 0. The highest BCUT2D eigenvalue weighted by atomic mass is 19.3. The van der Waals surface area contributed by atoms with Crippen LogP contribution in [0.5, 0.6) is 0 Å². The average molecular weight is 1120 g/mol. The summed E-state index contributed by atoms with van der Waals surface area (Å²) in [4.78, 5) is 0. The predicted molar refractivity (Wildman–Crippen MR) is 240 cm³/mol. The Hall–Kier alpha value is -3.15. The summed E-state index contributed by atoms with van der Waals surface area (Å²) in [6.07, 6.45) is -28.5. The number of nitrogens with two attached hydrogens (primary N) is 6. The molecule has 0 aromatic heterocycles. The van der Waals surface area contributed by atoms with E-state index in [4.69, 9.17) is 126 Å². The van der Waals surface area contributed by atoms with E-state index in [-0.39, 0.29) is 16.7 Å². The van der Waals surface area contributed by atoms with Crippen LogP contribution < -0.4 is 34.4 Å². The van der Waals surface area contributed by atoms with Gasteiger partial charge < -0.3 is 126 Å². The van der Waals surface area contributed by atoms with E-state index in [9.17, 15) is 39.5 Å². The van der Waals surface area contributed by atoms with Crippen LogP contribution in [-0.2, 0) is 0 Å². The Labute approximate surface area is 420 Å². The van der Waals surface area contributed by atoms with Gasteiger partial charge in [-0.2, -0.15) is 0 Å². The molecule has 2 unspecified atom stereocenters. The summed E-state index contributed by atoms with van der Waals surface area (Å²) >= 11 is 0. The predicted octanol–water partition coefficient (Wildman–Crippen LogP) is -9.28. The molecule has 0 radical (unpaired) electrons. The number of aliphatic hydroxyl groups excluding tert-OH is 18. The number of aliphatic hydroxyl groups is 18. The van der Waals surface area contributed by atoms with E-state index in [1.54, 1.807) is 0 Å². The van der Waals surface area contributed by atoms with Crippen LogP contribution in [0.15, 0.2) is 69.9 Å². The van der Waals surface area contributed by atoms with Crippen LogP contribution in [0.25, 0.3) is 0 Å². The second-order valence-corrected chi connectivity index (χ2v) is 17.5. The molecule has 0 spiro atoms. The number of rotatable bonds is 6. The standard InChI is InChI=1S/3C7H11F2NO3.3C7H12FNO3/c3*8-7(9)2-1-3(10)5(12)6(13)4(2)11;3*8-2-3-1-4(9)6(11)7(12)5(3)10/h3*1,3-7,11-13H,10H2;3*1,4-7,10-12H,2,9H2/t3?,4-,5+,6+;3-,4+,5-,6-;3-,4-,5+,6+;4?,5-,6+,7+;4-,5+,6-,7-;4-,5-,6+,7+/m101101/s1. The first-order valence-electron chi connectivity index (χ1n) is 22.1. The van der Waals surface area contributed by atoms with E-state index in [1.807, 2.05) is 0 Å². The topological polar surface area (TPSA) is 520 Å². The largest absolute Gasteiger partial charge is 0.388 e. The number of hydrogen-bond donors (Lipinski definition) is 24. The van der Waals surface area contributed by atoms with Gasteiger partial charge in [-0.15, -0.1) is 0 Å². The van der Waals surface area contributed by atoms with Gasteiger partial charge >= 0.3 is 0 Å². The van der Waals surface area contributed by atoms with Crippen LogP contribution in [0, 0.1) is 0 Å². The van der Waals surface area contributed by atoms with E-state index in [2.05, 4.69) is 0 Å². The molecule has 6 aliphatic rings. The van der Waals surface area contributed by atoms with Crippen molar-refractivity contribution in [1.82, 2.24) is 0 Å². The first kappa shape index (κ1) is 69.9. The van der Waals surface area contributed by atoms with Gasteiger partial charge in [0.05, 0.1) is 36.3 Å². The summed E-state index contributed by atoms with van der Waals surface area (Å²) in [5.41, 5.74) is 29.9. The third-order valence-corrected chi connectivity index (χ3v) is 12.2. The van der Waals surface area contributed by atoms with E-state index in [0.29, 0.717) is 0 Å². The third kappa shape index (κ3) is 18.5. The molecule has 0 aromatic rings. The fraction of sp³-hybridized carbons (Fsp3) is 0.714. The molecule has 0 bridgehead atoms. The Morgan fingerprint density at radius 3 is 0.560 bits per heavy atom. The quantitative estimate of drug-likeness (QED) is 0.0867. The zero-order chi connectivity index (χ0) is 58.4. The molecular weight excluding hydrogens is 1050 g/mol. The maximum Gasteiger partial charge on any atom is 0.262 e. The number of hydrogen-bond acceptors (Lipinski definition) is 24. The normalized spacial score (nSPS) is 41.6. The molecule has 0 heterocycles. The molecule has 438 valence electrons. The van der Waals surface area contributed by atoms with Gasteiger partial charge in [0.15, 0.2) is 0 Å². The van der Waals surface area contributed by atoms with Crippen molar-refractivity contribution in [2.45, 2.75) is 165 Å². The second-order valence-electron chi connectivity index (χ2n) is 17.5. The minimum absolute atomic E-state index is 0.0281. The van der Waals surface area contributed by atoms with E-state index in [0.717, 1.165) is 18.2 Å². The summed E-state index contributed by atoms with van der Waals surface area (Å²) in [6.45, 7) is -2.59. The zero-order valence-corrected chi connectivity index (χ0v) is 39.1. The molecule has 0 saturated heterocycles. The van der Waals surface area contributed by atoms with Gasteiger partial charge in [-0.3, -0.25) is 0 Å². The van der Waals surface area contributed by atoms with Gasteiger partial charge in [0, 0.05) is 16.7 Å². The maximum atomic E-state index is 12.2. The monoisotopic (exact) mass is 1120 g/mol. The van der Waals surface area contributed by atoms with Gasteiger partial charge in [-0.1, -0.05) is 36.5 Å². The van der Waals surface area contributed by atoms with Gasteiger partial charge in [-0.25, -0.2) is 39.5 Å². The van der Waals surface area contributed by atoms with Crippen molar-refractivity contribution in [3.8, 4) is 0 Å². The lowest BCUT2D eigenvalue weighted by Gasteiger charge is -2.32. The minimum atomic E-state index is -2.87. The van der Waals surface area contributed by atoms with Crippen molar-refractivity contribution in [2.75, 3.05) is 20.0 Å². The minimum Gasteiger partial charge on any atom is -0.388 e. The van der Waals surface area contributed by atoms with Gasteiger partial charge in [0.25, 0.3) is 19.3 Å². The van der Waals surface area contributed by atoms with E-state index in [1.165, 1.54) is 18.2 Å². The summed E-state index contributed by atoms with van der Waals surface area (Å²) in [7, 11) is 0. The molecule has 0 aliphatic heterocycles. The molecular formula is C42H69F9N6O18. The maximum absolute atomic E-state index is 12.2. The number of halogens is 9. The fourth-order valence-corrected chi connectivity index (χ4v) is 7.30. The Bertz CT molecular complexity index is 1730.